The number of ether oxygens (including phenoxy) is 2. The molecule has 6 nitrogen and oxygen atoms in total. The van der Waals surface area contributed by atoms with Crippen LogP contribution in [-0.4, -0.2) is 61.5 Å². The van der Waals surface area contributed by atoms with E-state index in [2.05, 4.69) is 53.8 Å². The van der Waals surface area contributed by atoms with Crippen LogP contribution < -0.4 is 4.74 Å². The van der Waals surface area contributed by atoms with Crippen molar-refractivity contribution in [1.82, 2.24) is 9.80 Å². The fourth-order valence-corrected chi connectivity index (χ4v) is 5.38. The smallest absolute Gasteiger partial charge is 0.337 e. The van der Waals surface area contributed by atoms with Gasteiger partial charge in [-0.2, -0.15) is 0 Å². The van der Waals surface area contributed by atoms with E-state index >= 15 is 0 Å². The van der Waals surface area contributed by atoms with Gasteiger partial charge in [0, 0.05) is 38.6 Å². The van der Waals surface area contributed by atoms with E-state index in [9.17, 15) is 4.79 Å². The van der Waals surface area contributed by atoms with E-state index < -0.39 is 0 Å². The number of carbonyl (C=O) groups excluding carboxylic acids is 1. The van der Waals surface area contributed by atoms with E-state index in [-0.39, 0.29) is 17.5 Å². The van der Waals surface area contributed by atoms with Crippen molar-refractivity contribution in [1.29, 1.82) is 0 Å². The molecule has 1 saturated carbocycles. The first-order valence-corrected chi connectivity index (χ1v) is 12.4. The Kier molecular flexibility index (Phi) is 6.37. The molecular formula is C29H33N3O3. The monoisotopic (exact) mass is 471 g/mol. The molecule has 0 radical (unpaired) electrons. The lowest BCUT2D eigenvalue weighted by atomic mass is 9.92. The van der Waals surface area contributed by atoms with Crippen LogP contribution in [0.3, 0.4) is 0 Å². The van der Waals surface area contributed by atoms with Gasteiger partial charge in [0.25, 0.3) is 0 Å². The summed E-state index contributed by atoms with van der Waals surface area (Å²) in [5.74, 6) is 2.85. The first kappa shape index (κ1) is 23.2. The number of hydrogen-bond donors (Lipinski definition) is 0. The lowest BCUT2D eigenvalue weighted by molar-refractivity contribution is 0.0600. The predicted molar refractivity (Wildman–Crippen MR) is 138 cm³/mol. The molecule has 1 aliphatic carbocycles. The average Bonchev–Trinajstić information content (AvgIpc) is 3.71. The highest BCUT2D eigenvalue weighted by Gasteiger charge is 2.52. The van der Waals surface area contributed by atoms with Crippen molar-refractivity contribution in [2.75, 3.05) is 33.8 Å². The Bertz CT molecular complexity index is 1140. The minimum atomic E-state index is -0.337. The molecule has 182 valence electrons. The maximum Gasteiger partial charge on any atom is 0.337 e. The molecule has 0 unspecified atom stereocenters. The molecule has 0 amide bonds. The number of rotatable bonds is 7. The second-order valence-corrected chi connectivity index (χ2v) is 9.52. The molecule has 1 saturated heterocycles. The summed E-state index contributed by atoms with van der Waals surface area (Å²) in [6.45, 7) is 6.58. The molecule has 0 aromatic heterocycles. The second kappa shape index (κ2) is 9.61. The third-order valence-corrected chi connectivity index (χ3v) is 7.39. The normalized spacial score (nSPS) is 19.8. The Hall–Kier alpha value is -3.54. The summed E-state index contributed by atoms with van der Waals surface area (Å²) in [5, 5.41) is 0. The van der Waals surface area contributed by atoms with Crippen molar-refractivity contribution in [2.45, 2.75) is 37.2 Å². The Labute approximate surface area is 207 Å². The topological polar surface area (TPSA) is 54.4 Å². The molecule has 2 fully saturated rings. The Morgan fingerprint density at radius 3 is 2.37 bits per heavy atom. The number of nitrogens with zero attached hydrogens (tertiary/aromatic N) is 3. The number of hydrogen-bond acceptors (Lipinski definition) is 6. The first-order valence-electron chi connectivity index (χ1n) is 12.4. The Morgan fingerprint density at radius 1 is 1.09 bits per heavy atom. The molecule has 2 heterocycles. The number of carbonyl (C=O) groups is 1. The van der Waals surface area contributed by atoms with Crippen molar-refractivity contribution in [3.05, 3.63) is 89.8 Å². The zero-order valence-corrected chi connectivity index (χ0v) is 20.6. The molecule has 0 bridgehead atoms. The molecule has 2 aliphatic heterocycles. The fraction of sp³-hybridized carbons (Fsp3) is 0.379. The Morgan fingerprint density at radius 2 is 1.77 bits per heavy atom. The molecule has 0 spiro atoms. The standard InChI is InChI=1S/C29H33N3O3/c1-4-21-20-30-28(29(16-17-29)23-8-6-5-7-9-23)31(2)26(21)32-18-14-25(15-19-32)35-24-12-10-22(11-13-24)27(33)34-3/h4-13,25H,1,14-20H2,2-3H3. The van der Waals surface area contributed by atoms with Crippen LogP contribution in [0.2, 0.25) is 0 Å². The summed E-state index contributed by atoms with van der Waals surface area (Å²) >= 11 is 0. The van der Waals surface area contributed by atoms with Gasteiger partial charge in [0.2, 0.25) is 0 Å². The van der Waals surface area contributed by atoms with E-state index in [0.717, 1.165) is 44.5 Å². The third kappa shape index (κ3) is 4.45. The summed E-state index contributed by atoms with van der Waals surface area (Å²) < 4.78 is 11.0. The summed E-state index contributed by atoms with van der Waals surface area (Å²) in [4.78, 5) is 21.5. The SMILES string of the molecule is C=CC1=C(N2CCC(Oc3ccc(C(=O)OC)cc3)CC2)N(C)C(C2(c3ccccc3)CC2)=NC1. The van der Waals surface area contributed by atoms with Crippen LogP contribution in [0.1, 0.15) is 41.6 Å². The molecular weight excluding hydrogens is 438 g/mol. The van der Waals surface area contributed by atoms with E-state index in [4.69, 9.17) is 14.5 Å². The molecule has 0 N–H and O–H groups in total. The van der Waals surface area contributed by atoms with Gasteiger partial charge in [-0.25, -0.2) is 4.79 Å². The maximum absolute atomic E-state index is 11.7. The highest BCUT2D eigenvalue weighted by molar-refractivity contribution is 5.97. The van der Waals surface area contributed by atoms with E-state index in [1.807, 2.05) is 18.2 Å². The number of esters is 1. The van der Waals surface area contributed by atoms with Crippen LogP contribution in [-0.2, 0) is 10.2 Å². The van der Waals surface area contributed by atoms with Crippen LogP contribution >= 0.6 is 0 Å². The minimum Gasteiger partial charge on any atom is -0.490 e. The lowest BCUT2D eigenvalue weighted by Crippen LogP contribution is -2.48. The summed E-state index contributed by atoms with van der Waals surface area (Å²) in [7, 11) is 3.55. The van der Waals surface area contributed by atoms with E-state index in [0.29, 0.717) is 12.1 Å². The first-order chi connectivity index (χ1) is 17.1. The van der Waals surface area contributed by atoms with E-state index in [1.54, 1.807) is 12.1 Å². The number of likely N-dealkylation sites (N-methyl/N-ethyl adjacent to an activating group) is 1. The highest BCUT2D eigenvalue weighted by Crippen LogP contribution is 2.51. The van der Waals surface area contributed by atoms with Crippen molar-refractivity contribution in [2.24, 2.45) is 4.99 Å². The summed E-state index contributed by atoms with van der Waals surface area (Å²) in [6, 6.07) is 18.0. The van der Waals surface area contributed by atoms with Crippen LogP contribution in [0.15, 0.2) is 83.6 Å². The van der Waals surface area contributed by atoms with Gasteiger partial charge in [-0.15, -0.1) is 0 Å². The number of aliphatic imine (C=N–C) groups is 1. The zero-order chi connectivity index (χ0) is 24.4. The van der Waals surface area contributed by atoms with Gasteiger partial charge >= 0.3 is 5.97 Å². The van der Waals surface area contributed by atoms with Crippen molar-refractivity contribution >= 4 is 11.8 Å². The summed E-state index contributed by atoms with van der Waals surface area (Å²) in [5.41, 5.74) is 3.10. The number of amidine groups is 1. The van der Waals surface area contributed by atoms with Crippen LogP contribution in [0.25, 0.3) is 0 Å². The van der Waals surface area contributed by atoms with Gasteiger partial charge in [-0.05, 0) is 42.7 Å². The van der Waals surface area contributed by atoms with Crippen LogP contribution in [0.5, 0.6) is 5.75 Å². The van der Waals surface area contributed by atoms with Gasteiger partial charge in [0.05, 0.1) is 24.6 Å². The number of piperidine rings is 1. The van der Waals surface area contributed by atoms with Gasteiger partial charge in [0.15, 0.2) is 0 Å². The van der Waals surface area contributed by atoms with Crippen LogP contribution in [0, 0.1) is 0 Å². The Balaban J connectivity index is 1.26. The molecule has 6 heteroatoms. The third-order valence-electron chi connectivity index (χ3n) is 7.39. The maximum atomic E-state index is 11.7. The molecule has 3 aliphatic rings. The highest BCUT2D eigenvalue weighted by atomic mass is 16.5. The summed E-state index contributed by atoms with van der Waals surface area (Å²) in [6.07, 6.45) is 6.24. The molecule has 2 aromatic rings. The lowest BCUT2D eigenvalue weighted by Gasteiger charge is -2.43. The van der Waals surface area contributed by atoms with Gasteiger partial charge in [-0.1, -0.05) is 43.0 Å². The minimum absolute atomic E-state index is 0.0335. The molecule has 5 rings (SSSR count). The quantitative estimate of drug-likeness (QED) is 0.544. The number of methoxy groups -OCH3 is 1. The van der Waals surface area contributed by atoms with Crippen LogP contribution in [0.4, 0.5) is 0 Å². The van der Waals surface area contributed by atoms with Gasteiger partial charge in [-0.3, -0.25) is 4.99 Å². The predicted octanol–water partition coefficient (Wildman–Crippen LogP) is 4.79. The largest absolute Gasteiger partial charge is 0.490 e. The molecule has 0 atom stereocenters. The van der Waals surface area contributed by atoms with Gasteiger partial charge in [0.1, 0.15) is 23.5 Å². The van der Waals surface area contributed by atoms with E-state index in [1.165, 1.54) is 29.9 Å². The zero-order valence-electron chi connectivity index (χ0n) is 20.6. The van der Waals surface area contributed by atoms with Crippen molar-refractivity contribution in [3.8, 4) is 5.75 Å². The molecule has 2 aromatic carbocycles. The molecule has 35 heavy (non-hydrogen) atoms. The van der Waals surface area contributed by atoms with Gasteiger partial charge < -0.3 is 19.3 Å². The second-order valence-electron chi connectivity index (χ2n) is 9.52. The fourth-order valence-electron chi connectivity index (χ4n) is 5.38. The number of likely N-dealkylation sites (tertiary alicyclic amines) is 1. The van der Waals surface area contributed by atoms with Crippen molar-refractivity contribution in [3.63, 3.8) is 0 Å². The van der Waals surface area contributed by atoms with Crippen molar-refractivity contribution < 1.29 is 14.3 Å². The average molecular weight is 472 g/mol. The number of benzene rings is 2.